The molecule has 0 aliphatic carbocycles. The van der Waals surface area contributed by atoms with Gasteiger partial charge in [0.05, 0.1) is 27.2 Å². The van der Waals surface area contributed by atoms with Crippen molar-refractivity contribution in [3.8, 4) is 16.9 Å². The van der Waals surface area contributed by atoms with Crippen molar-refractivity contribution < 1.29 is 28.8 Å². The molecule has 1 aliphatic heterocycles. The second-order valence-electron chi connectivity index (χ2n) is 10.4. The molecule has 5 rings (SSSR count). The van der Waals surface area contributed by atoms with Crippen molar-refractivity contribution >= 4 is 67.8 Å². The second kappa shape index (κ2) is 12.1. The second-order valence-corrected chi connectivity index (χ2v) is 12.9. The Kier molecular flexibility index (Phi) is 8.44. The third kappa shape index (κ3) is 5.88. The number of carbonyl (C=O) groups is 3. The van der Waals surface area contributed by atoms with Crippen LogP contribution in [-0.4, -0.2) is 42.4 Å². The number of nitro benzene ring substituents is 1. The van der Waals surface area contributed by atoms with Crippen LogP contribution in [0.4, 0.5) is 22.7 Å². The van der Waals surface area contributed by atoms with Crippen LogP contribution in [0.2, 0.25) is 0 Å². The first-order chi connectivity index (χ1) is 20.9. The highest BCUT2D eigenvalue weighted by molar-refractivity contribution is 9.11. The minimum absolute atomic E-state index is 0.0831. The predicted octanol–water partition coefficient (Wildman–Crippen LogP) is 6.87. The van der Waals surface area contributed by atoms with Crippen LogP contribution in [-0.2, 0) is 16.1 Å². The van der Waals surface area contributed by atoms with E-state index in [4.69, 9.17) is 9.47 Å². The topological polar surface area (TPSA) is 140 Å². The number of likely N-dealkylation sites (N-methyl/N-ethyl adjacent to an activating group) is 1. The highest BCUT2D eigenvalue weighted by Crippen LogP contribution is 2.45. The van der Waals surface area contributed by atoms with E-state index < -0.39 is 22.3 Å². The number of methoxy groups -OCH3 is 1. The maximum atomic E-state index is 13.3. The molecule has 1 aliphatic rings. The Bertz CT molecular complexity index is 1820. The number of benzene rings is 3. The van der Waals surface area contributed by atoms with Gasteiger partial charge >= 0.3 is 5.97 Å². The average molecular weight is 680 g/mol. The summed E-state index contributed by atoms with van der Waals surface area (Å²) in [6.07, 6.45) is 0. The van der Waals surface area contributed by atoms with Crippen LogP contribution in [0.25, 0.3) is 11.1 Å². The third-order valence-electron chi connectivity index (χ3n) is 7.12. The van der Waals surface area contributed by atoms with Gasteiger partial charge in [-0.1, -0.05) is 18.2 Å². The quantitative estimate of drug-likeness (QED) is 0.117. The SMILES string of the molecule is COc1cc(NC(=O)c2ccccc2[N+](=O)[O-])ccc1-c1ccc2c(c1COC(=O)c1ccc(Br)s1)N(C)C(=O)C(C)(C)N2. The van der Waals surface area contributed by atoms with Crippen molar-refractivity contribution in [2.45, 2.75) is 26.0 Å². The van der Waals surface area contributed by atoms with Crippen LogP contribution in [0.1, 0.15) is 39.4 Å². The van der Waals surface area contributed by atoms with Gasteiger partial charge in [0.2, 0.25) is 0 Å². The monoisotopic (exact) mass is 678 g/mol. The summed E-state index contributed by atoms with van der Waals surface area (Å²) in [7, 11) is 3.15. The van der Waals surface area contributed by atoms with Gasteiger partial charge in [0.25, 0.3) is 17.5 Å². The van der Waals surface area contributed by atoms with Crippen molar-refractivity contribution in [1.29, 1.82) is 0 Å². The van der Waals surface area contributed by atoms with Gasteiger partial charge < -0.3 is 25.0 Å². The molecule has 2 amide bonds. The first-order valence-electron chi connectivity index (χ1n) is 13.3. The highest BCUT2D eigenvalue weighted by atomic mass is 79.9. The molecule has 11 nitrogen and oxygen atoms in total. The summed E-state index contributed by atoms with van der Waals surface area (Å²) in [5.74, 6) is -0.958. The van der Waals surface area contributed by atoms with E-state index in [1.54, 1.807) is 62.2 Å². The van der Waals surface area contributed by atoms with E-state index in [9.17, 15) is 24.5 Å². The van der Waals surface area contributed by atoms with Crippen LogP contribution in [0.5, 0.6) is 5.75 Å². The van der Waals surface area contributed by atoms with Crippen LogP contribution >= 0.6 is 27.3 Å². The lowest BCUT2D eigenvalue weighted by Gasteiger charge is -2.39. The number of nitro groups is 1. The predicted molar refractivity (Wildman–Crippen MR) is 172 cm³/mol. The smallest absolute Gasteiger partial charge is 0.348 e. The van der Waals surface area contributed by atoms with Gasteiger partial charge in [0.1, 0.15) is 28.3 Å². The number of thiophene rings is 1. The summed E-state index contributed by atoms with van der Waals surface area (Å²) >= 11 is 4.61. The van der Waals surface area contributed by atoms with E-state index in [2.05, 4.69) is 26.6 Å². The fourth-order valence-corrected chi connectivity index (χ4v) is 6.36. The van der Waals surface area contributed by atoms with Crippen molar-refractivity contribution in [3.63, 3.8) is 0 Å². The van der Waals surface area contributed by atoms with Gasteiger partial charge in [-0.3, -0.25) is 19.7 Å². The zero-order chi connectivity index (χ0) is 31.8. The van der Waals surface area contributed by atoms with Crippen molar-refractivity contribution in [3.05, 3.63) is 96.6 Å². The number of carbonyl (C=O) groups excluding carboxylic acids is 3. The Hall–Kier alpha value is -4.75. The molecule has 0 bridgehead atoms. The number of hydrogen-bond donors (Lipinski definition) is 2. The summed E-state index contributed by atoms with van der Waals surface area (Å²) in [6.45, 7) is 3.43. The van der Waals surface area contributed by atoms with Gasteiger partial charge in [-0.25, -0.2) is 4.79 Å². The molecule has 0 saturated heterocycles. The number of hydrogen-bond acceptors (Lipinski definition) is 9. The van der Waals surface area contributed by atoms with Gasteiger partial charge in [0.15, 0.2) is 0 Å². The summed E-state index contributed by atoms with van der Waals surface area (Å²) in [5.41, 5.74) is 2.16. The Morgan fingerprint density at radius 1 is 1.09 bits per heavy atom. The zero-order valence-electron chi connectivity index (χ0n) is 24.1. The summed E-state index contributed by atoms with van der Waals surface area (Å²) < 4.78 is 12.2. The Morgan fingerprint density at radius 3 is 2.50 bits per heavy atom. The summed E-state index contributed by atoms with van der Waals surface area (Å²) in [6, 6.07) is 17.7. The number of para-hydroxylation sites is 1. The molecular formula is C31H27BrN4O7S. The molecule has 2 heterocycles. The molecule has 4 aromatic rings. The lowest BCUT2D eigenvalue weighted by Crippen LogP contribution is -2.52. The summed E-state index contributed by atoms with van der Waals surface area (Å²) in [5, 5.41) is 17.4. The molecule has 0 atom stereocenters. The van der Waals surface area contributed by atoms with Gasteiger partial charge in [-0.15, -0.1) is 11.3 Å². The molecule has 13 heteroatoms. The fourth-order valence-electron chi connectivity index (χ4n) is 5.08. The number of ether oxygens (including phenoxy) is 2. The first kappa shape index (κ1) is 30.7. The molecule has 0 unspecified atom stereocenters. The molecule has 0 spiro atoms. The largest absolute Gasteiger partial charge is 0.496 e. The molecule has 1 aromatic heterocycles. The number of fused-ring (bicyclic) bond motifs is 1. The molecule has 3 aromatic carbocycles. The number of esters is 1. The number of halogens is 1. The van der Waals surface area contributed by atoms with E-state index >= 15 is 0 Å². The Balaban J connectivity index is 1.54. The molecule has 226 valence electrons. The maximum absolute atomic E-state index is 13.3. The molecule has 2 N–H and O–H groups in total. The molecule has 0 fully saturated rings. The van der Waals surface area contributed by atoms with Crippen molar-refractivity contribution in [1.82, 2.24) is 0 Å². The molecule has 0 saturated carbocycles. The van der Waals surface area contributed by atoms with E-state index in [0.29, 0.717) is 44.4 Å². The minimum Gasteiger partial charge on any atom is -0.496 e. The minimum atomic E-state index is -0.855. The first-order valence-corrected chi connectivity index (χ1v) is 14.9. The maximum Gasteiger partial charge on any atom is 0.348 e. The van der Waals surface area contributed by atoms with E-state index in [1.165, 1.54) is 36.6 Å². The van der Waals surface area contributed by atoms with Crippen molar-refractivity contribution in [2.75, 3.05) is 29.7 Å². The van der Waals surface area contributed by atoms with Crippen LogP contribution < -0.4 is 20.3 Å². The fraction of sp³-hybridized carbons (Fsp3) is 0.194. The van der Waals surface area contributed by atoms with Crippen LogP contribution in [0, 0.1) is 10.1 Å². The Morgan fingerprint density at radius 2 is 1.82 bits per heavy atom. The number of nitrogens with zero attached hydrogens (tertiary/aromatic N) is 2. The van der Waals surface area contributed by atoms with Gasteiger partial charge in [0, 0.05) is 36.0 Å². The number of amides is 2. The van der Waals surface area contributed by atoms with Crippen LogP contribution in [0.3, 0.4) is 0 Å². The zero-order valence-corrected chi connectivity index (χ0v) is 26.5. The number of nitrogens with one attached hydrogen (secondary N) is 2. The lowest BCUT2D eigenvalue weighted by atomic mass is 9.91. The third-order valence-corrected chi connectivity index (χ3v) is 8.73. The highest BCUT2D eigenvalue weighted by Gasteiger charge is 2.39. The van der Waals surface area contributed by atoms with E-state index in [-0.39, 0.29) is 23.8 Å². The normalized spacial score (nSPS) is 13.5. The standard InChI is InChI=1S/C31H27BrN4O7S/c1-31(2)30(39)35(3)27-21(16-43-29(38)25-13-14-26(32)44-25)18(11-12-22(27)34-31)19-10-9-17(15-24(19)42-4)33-28(37)20-7-5-6-8-23(20)36(40)41/h5-15,34H,16H2,1-4H3,(H,33,37). The molecule has 0 radical (unpaired) electrons. The number of rotatable bonds is 8. The van der Waals surface area contributed by atoms with E-state index in [1.807, 2.05) is 12.1 Å². The van der Waals surface area contributed by atoms with Gasteiger partial charge in [-0.2, -0.15) is 0 Å². The van der Waals surface area contributed by atoms with Crippen molar-refractivity contribution in [2.24, 2.45) is 0 Å². The summed E-state index contributed by atoms with van der Waals surface area (Å²) in [4.78, 5) is 51.9. The molecular weight excluding hydrogens is 652 g/mol. The van der Waals surface area contributed by atoms with Gasteiger partial charge in [-0.05, 0) is 71.7 Å². The average Bonchev–Trinajstić information content (AvgIpc) is 3.44. The van der Waals surface area contributed by atoms with E-state index in [0.717, 1.165) is 3.79 Å². The Labute approximate surface area is 265 Å². The van der Waals surface area contributed by atoms with Crippen LogP contribution in [0.15, 0.2) is 70.5 Å². The molecule has 44 heavy (non-hydrogen) atoms. The lowest BCUT2D eigenvalue weighted by molar-refractivity contribution is -0.385. The number of anilines is 3.